The molecule has 12 nitrogen and oxygen atoms in total. The molecule has 2 aromatic heterocycles. The molecule has 1 saturated carbocycles. The number of methoxy groups -OCH3 is 3. The van der Waals surface area contributed by atoms with Crippen LogP contribution >= 0.6 is 22.9 Å². The second-order valence-electron chi connectivity index (χ2n) is 17.3. The van der Waals surface area contributed by atoms with Crippen LogP contribution in [0.5, 0.6) is 23.0 Å². The largest absolute Gasteiger partial charge is 0.504 e. The summed E-state index contributed by atoms with van der Waals surface area (Å²) in [7, 11) is 6.38. The van der Waals surface area contributed by atoms with Gasteiger partial charge >= 0.3 is 0 Å². The van der Waals surface area contributed by atoms with E-state index in [1.54, 1.807) is 73.7 Å². The number of ether oxygens (including phenoxy) is 3. The van der Waals surface area contributed by atoms with Gasteiger partial charge in [-0.05, 0) is 115 Å². The first-order chi connectivity index (χ1) is 31.3. The van der Waals surface area contributed by atoms with Crippen molar-refractivity contribution in [3.05, 3.63) is 124 Å². The normalized spacial score (nSPS) is 23.9. The number of rotatable bonds is 9. The van der Waals surface area contributed by atoms with E-state index in [0.29, 0.717) is 39.3 Å². The lowest BCUT2D eigenvalue weighted by Crippen LogP contribution is -2.48. The van der Waals surface area contributed by atoms with Gasteiger partial charge in [0.05, 0.1) is 55.1 Å². The van der Waals surface area contributed by atoms with Crippen molar-refractivity contribution in [2.75, 3.05) is 31.1 Å². The van der Waals surface area contributed by atoms with Crippen molar-refractivity contribution in [1.82, 2.24) is 9.78 Å². The Morgan fingerprint density at radius 2 is 1.58 bits per heavy atom. The molecule has 4 aromatic carbocycles. The van der Waals surface area contributed by atoms with Gasteiger partial charge in [0, 0.05) is 34.3 Å². The lowest BCUT2D eigenvalue weighted by molar-refractivity contribution is -0.131. The zero-order valence-electron chi connectivity index (χ0n) is 36.5. The van der Waals surface area contributed by atoms with Crippen molar-refractivity contribution in [3.8, 4) is 33.6 Å². The molecular formula is C51H45ClN4O8S. The summed E-state index contributed by atoms with van der Waals surface area (Å²) in [5.74, 6) is -3.19. The Kier molecular flexibility index (Phi) is 10.3. The molecule has 0 spiro atoms. The highest BCUT2D eigenvalue weighted by atomic mass is 35.5. The van der Waals surface area contributed by atoms with Gasteiger partial charge in [0.1, 0.15) is 23.0 Å². The van der Waals surface area contributed by atoms with Crippen LogP contribution in [0, 0.1) is 36.0 Å². The Hall–Kier alpha value is -6.70. The molecule has 65 heavy (non-hydrogen) atoms. The van der Waals surface area contributed by atoms with E-state index >= 15 is 9.59 Å². The number of phenolic OH excluding ortho intramolecular Hbond substituents is 1. The second kappa shape index (κ2) is 15.8. The predicted molar refractivity (Wildman–Crippen MR) is 250 cm³/mol. The number of allylic oxidation sites excluding steroid dienone is 2. The fourth-order valence-corrected chi connectivity index (χ4v) is 12.2. The minimum Gasteiger partial charge on any atom is -0.504 e. The summed E-state index contributed by atoms with van der Waals surface area (Å²) in [6.45, 7) is 3.82. The smallest absolute Gasteiger partial charge is 0.242 e. The number of aromatic hydroxyl groups is 1. The van der Waals surface area contributed by atoms with Crippen molar-refractivity contribution >= 4 is 80.3 Å². The standard InChI is InChI=1S/C51H45ClN4O8S/c1-26-35-23-30(52)12-20-42(35)65-46(26)38-25-43(54(3)53-38)56-48(59)37-24-36-33(45(51(37,2)50(56)61)29-11-18-41(64-6)39(57)22-29)16-17-34-44(36)49(60)55(47(34)58)31-13-8-27(9-14-31)7-10-28-21-32(62-4)15-19-40(28)63-5/h7-16,18-23,25,34,36-37,44-45,57H,17,24H2,1-6H3. The number of amides is 4. The molecule has 6 unspecified atom stereocenters. The number of halogens is 1. The maximum atomic E-state index is 15.3. The Morgan fingerprint density at radius 1 is 0.831 bits per heavy atom. The van der Waals surface area contributed by atoms with E-state index in [0.717, 1.165) is 37.2 Å². The van der Waals surface area contributed by atoms with E-state index in [1.165, 1.54) is 16.9 Å². The molecule has 2 aliphatic heterocycles. The molecule has 3 fully saturated rings. The lowest BCUT2D eigenvalue weighted by atomic mass is 9.51. The number of phenols is 1. The third kappa shape index (κ3) is 6.49. The molecule has 0 radical (unpaired) electrons. The molecule has 2 aliphatic carbocycles. The van der Waals surface area contributed by atoms with Gasteiger partial charge < -0.3 is 19.3 Å². The van der Waals surface area contributed by atoms with E-state index in [2.05, 4.69) is 0 Å². The van der Waals surface area contributed by atoms with E-state index in [4.69, 9.17) is 30.9 Å². The molecule has 330 valence electrons. The van der Waals surface area contributed by atoms with Crippen LogP contribution in [-0.2, 0) is 26.2 Å². The van der Waals surface area contributed by atoms with Gasteiger partial charge in [-0.1, -0.05) is 53.6 Å². The minimum atomic E-state index is -1.33. The molecule has 14 heteroatoms. The van der Waals surface area contributed by atoms with Crippen LogP contribution in [0.25, 0.3) is 32.8 Å². The van der Waals surface area contributed by atoms with Crippen LogP contribution in [0.15, 0.2) is 96.6 Å². The topological polar surface area (TPSA) is 140 Å². The number of imide groups is 2. The number of aryl methyl sites for hydroxylation is 2. The van der Waals surface area contributed by atoms with E-state index in [-0.39, 0.29) is 36.2 Å². The van der Waals surface area contributed by atoms with Gasteiger partial charge in [0.25, 0.3) is 0 Å². The van der Waals surface area contributed by atoms with Crippen LogP contribution in [-0.4, -0.2) is 59.8 Å². The average Bonchev–Trinajstić information content (AvgIpc) is 3.98. The number of anilines is 2. The van der Waals surface area contributed by atoms with Crippen molar-refractivity contribution in [3.63, 3.8) is 0 Å². The van der Waals surface area contributed by atoms with Crippen LogP contribution in [0.1, 0.15) is 47.9 Å². The monoisotopic (exact) mass is 908 g/mol. The van der Waals surface area contributed by atoms with E-state index in [1.807, 2.05) is 80.6 Å². The summed E-state index contributed by atoms with van der Waals surface area (Å²) in [5.41, 5.74) is 3.80. The fourth-order valence-electron chi connectivity index (χ4n) is 10.9. The number of fused-ring (bicyclic) bond motifs is 5. The first kappa shape index (κ1) is 42.3. The van der Waals surface area contributed by atoms with E-state index < -0.39 is 46.8 Å². The van der Waals surface area contributed by atoms with E-state index in [9.17, 15) is 14.7 Å². The van der Waals surface area contributed by atoms with Crippen molar-refractivity contribution in [2.45, 2.75) is 32.6 Å². The summed E-state index contributed by atoms with van der Waals surface area (Å²) >= 11 is 7.91. The third-order valence-electron chi connectivity index (χ3n) is 14.1. The lowest BCUT2D eigenvalue weighted by Gasteiger charge is -2.49. The fraction of sp³-hybridized carbons (Fsp3) is 0.275. The number of carbonyl (C=O) groups excluding carboxylic acids is 4. The average molecular weight is 909 g/mol. The van der Waals surface area contributed by atoms with Gasteiger partial charge in [0.15, 0.2) is 11.5 Å². The summed E-state index contributed by atoms with van der Waals surface area (Å²) in [6, 6.07) is 25.3. The number of benzene rings is 4. The van der Waals surface area contributed by atoms with Gasteiger partial charge in [0.2, 0.25) is 23.6 Å². The number of carbonyl (C=O) groups is 4. The molecule has 2 saturated heterocycles. The van der Waals surface area contributed by atoms with Crippen molar-refractivity contribution in [1.29, 1.82) is 0 Å². The van der Waals surface area contributed by atoms with Gasteiger partial charge in [-0.3, -0.25) is 28.8 Å². The van der Waals surface area contributed by atoms with Gasteiger partial charge in [-0.15, -0.1) is 11.3 Å². The Morgan fingerprint density at radius 3 is 2.31 bits per heavy atom. The number of hydrogen-bond acceptors (Lipinski definition) is 10. The number of hydrogen-bond donors (Lipinski definition) is 1. The molecule has 1 N–H and O–H groups in total. The summed E-state index contributed by atoms with van der Waals surface area (Å²) in [4.78, 5) is 62.9. The second-order valence-corrected chi connectivity index (χ2v) is 18.8. The minimum absolute atomic E-state index is 0.120. The highest BCUT2D eigenvalue weighted by molar-refractivity contribution is 7.22. The molecule has 6 aromatic rings. The number of aromatic nitrogens is 2. The summed E-state index contributed by atoms with van der Waals surface area (Å²) in [6.07, 6.45) is 6.27. The SMILES string of the molecule is COc1ccc(OC)c(C=Cc2ccc(N3C(=O)C4CC=C5C(CC6C(=O)N(c7cc(-c8sc9ccc(Cl)cc9c8C)nn7C)C(=O)C6(C)C5c5ccc(OC)c(O)c5)C4C3=O)cc2)c1. The Labute approximate surface area is 384 Å². The highest BCUT2D eigenvalue weighted by Crippen LogP contribution is 2.64. The Bertz CT molecular complexity index is 3060. The maximum Gasteiger partial charge on any atom is 0.242 e. The molecule has 0 bridgehead atoms. The first-order valence-corrected chi connectivity index (χ1v) is 22.5. The van der Waals surface area contributed by atoms with Gasteiger partial charge in [-0.25, -0.2) is 4.90 Å². The third-order valence-corrected chi connectivity index (χ3v) is 15.6. The molecule has 6 atom stereocenters. The van der Waals surface area contributed by atoms with Crippen LogP contribution in [0.4, 0.5) is 11.5 Å². The summed E-state index contributed by atoms with van der Waals surface area (Å²) in [5, 5.41) is 17.6. The predicted octanol–water partition coefficient (Wildman–Crippen LogP) is 9.60. The Balaban J connectivity index is 1.000. The number of nitrogens with zero attached hydrogens (tertiary/aromatic N) is 4. The van der Waals surface area contributed by atoms with Crippen molar-refractivity contribution in [2.24, 2.45) is 36.1 Å². The molecule has 4 aliphatic rings. The van der Waals surface area contributed by atoms with Crippen LogP contribution in [0.2, 0.25) is 5.02 Å². The first-order valence-electron chi connectivity index (χ1n) is 21.3. The van der Waals surface area contributed by atoms with Crippen LogP contribution < -0.4 is 24.0 Å². The van der Waals surface area contributed by atoms with Gasteiger partial charge in [-0.2, -0.15) is 5.10 Å². The number of thiophene rings is 1. The molecule has 10 rings (SSSR count). The molecule has 4 heterocycles. The zero-order chi connectivity index (χ0) is 45.6. The summed E-state index contributed by atoms with van der Waals surface area (Å²) < 4.78 is 18.9. The molecule has 4 amide bonds. The quantitative estimate of drug-likeness (QED) is 0.0853. The molecular weight excluding hydrogens is 864 g/mol. The maximum absolute atomic E-state index is 15.3. The highest BCUT2D eigenvalue weighted by Gasteiger charge is 2.68. The van der Waals surface area contributed by atoms with Crippen LogP contribution in [0.3, 0.4) is 0 Å². The van der Waals surface area contributed by atoms with Crippen molar-refractivity contribution < 1.29 is 38.5 Å². The zero-order valence-corrected chi connectivity index (χ0v) is 38.1.